The molecule has 2 nitrogen and oxygen atoms in total. The topological polar surface area (TPSA) is 32.3 Å². The minimum Gasteiger partial charge on any atom is -0.396 e. The molecule has 0 aromatic carbocycles. The highest BCUT2D eigenvalue weighted by atomic mass is 32.2. The van der Waals surface area contributed by atoms with E-state index < -0.39 is 0 Å². The highest BCUT2D eigenvalue weighted by molar-refractivity contribution is 7.99. The molecule has 2 N–H and O–H groups in total. The zero-order valence-corrected chi connectivity index (χ0v) is 9.28. The van der Waals surface area contributed by atoms with E-state index in [9.17, 15) is 5.11 Å². The number of aliphatic hydroxyl groups excluding tert-OH is 1. The van der Waals surface area contributed by atoms with Crippen molar-refractivity contribution in [3.63, 3.8) is 0 Å². The van der Waals surface area contributed by atoms with E-state index in [1.165, 1.54) is 18.6 Å². The Morgan fingerprint density at radius 3 is 3.08 bits per heavy atom. The maximum atomic E-state index is 9.18. The minimum absolute atomic E-state index is 0.367. The molecule has 0 aromatic heterocycles. The van der Waals surface area contributed by atoms with Crippen LogP contribution < -0.4 is 5.32 Å². The standard InChI is InChI=1S/C10H21NOS/c1-2-3-6-13-10-7-11-5-4-9(10)8-12/h9-12H,2-8H2,1H3. The molecular weight excluding hydrogens is 182 g/mol. The Kier molecular flexibility index (Phi) is 5.83. The van der Waals surface area contributed by atoms with Crippen LogP contribution in [0.15, 0.2) is 0 Å². The number of hydrogen-bond acceptors (Lipinski definition) is 3. The van der Waals surface area contributed by atoms with Crippen LogP contribution in [-0.4, -0.2) is 35.8 Å². The fourth-order valence-corrected chi connectivity index (χ4v) is 3.16. The normalized spacial score (nSPS) is 29.1. The van der Waals surface area contributed by atoms with Crippen LogP contribution in [0.25, 0.3) is 0 Å². The first-order valence-corrected chi connectivity index (χ1v) is 6.36. The second-order valence-corrected chi connectivity index (χ2v) is 5.05. The van der Waals surface area contributed by atoms with Gasteiger partial charge in [0.2, 0.25) is 0 Å². The van der Waals surface area contributed by atoms with Crippen molar-refractivity contribution in [1.29, 1.82) is 0 Å². The number of rotatable bonds is 5. The molecule has 2 atom stereocenters. The summed E-state index contributed by atoms with van der Waals surface area (Å²) in [6.07, 6.45) is 3.72. The molecule has 0 aliphatic carbocycles. The first kappa shape index (κ1) is 11.3. The van der Waals surface area contributed by atoms with Gasteiger partial charge >= 0.3 is 0 Å². The molecule has 0 aromatic rings. The largest absolute Gasteiger partial charge is 0.396 e. The van der Waals surface area contributed by atoms with Crippen LogP contribution in [0.4, 0.5) is 0 Å². The lowest BCUT2D eigenvalue weighted by Gasteiger charge is -2.30. The molecule has 2 unspecified atom stereocenters. The van der Waals surface area contributed by atoms with Gasteiger partial charge in [-0.2, -0.15) is 11.8 Å². The first-order chi connectivity index (χ1) is 6.38. The molecule has 1 fully saturated rings. The van der Waals surface area contributed by atoms with Crippen molar-refractivity contribution in [2.75, 3.05) is 25.4 Å². The summed E-state index contributed by atoms with van der Waals surface area (Å²) in [4.78, 5) is 0. The molecule has 1 rings (SSSR count). The number of aliphatic hydroxyl groups is 1. The summed E-state index contributed by atoms with van der Waals surface area (Å²) in [5, 5.41) is 13.2. The first-order valence-electron chi connectivity index (χ1n) is 5.31. The SMILES string of the molecule is CCCCSC1CNCCC1CO. The van der Waals surface area contributed by atoms with E-state index in [4.69, 9.17) is 0 Å². The van der Waals surface area contributed by atoms with Gasteiger partial charge in [-0.15, -0.1) is 0 Å². The average molecular weight is 203 g/mol. The molecule has 0 radical (unpaired) electrons. The summed E-state index contributed by atoms with van der Waals surface area (Å²) in [5.74, 6) is 1.78. The van der Waals surface area contributed by atoms with Crippen LogP contribution in [0.5, 0.6) is 0 Å². The summed E-state index contributed by atoms with van der Waals surface area (Å²) >= 11 is 2.03. The molecule has 13 heavy (non-hydrogen) atoms. The quantitative estimate of drug-likeness (QED) is 0.664. The molecule has 0 spiro atoms. The zero-order chi connectivity index (χ0) is 9.52. The van der Waals surface area contributed by atoms with E-state index in [0.717, 1.165) is 19.5 Å². The van der Waals surface area contributed by atoms with Crippen molar-refractivity contribution in [1.82, 2.24) is 5.32 Å². The van der Waals surface area contributed by atoms with Crippen molar-refractivity contribution in [2.24, 2.45) is 5.92 Å². The lowest BCUT2D eigenvalue weighted by molar-refractivity contribution is 0.201. The maximum Gasteiger partial charge on any atom is 0.0470 e. The van der Waals surface area contributed by atoms with Crippen molar-refractivity contribution in [3.05, 3.63) is 0 Å². The number of unbranched alkanes of at least 4 members (excludes halogenated alkanes) is 1. The predicted octanol–water partition coefficient (Wildman–Crippen LogP) is 1.49. The van der Waals surface area contributed by atoms with Crippen molar-refractivity contribution in [3.8, 4) is 0 Å². The summed E-state index contributed by atoms with van der Waals surface area (Å²) in [5.41, 5.74) is 0. The van der Waals surface area contributed by atoms with Gasteiger partial charge in [0.05, 0.1) is 0 Å². The number of thioether (sulfide) groups is 1. The van der Waals surface area contributed by atoms with Crippen LogP contribution >= 0.6 is 11.8 Å². The number of piperidine rings is 1. The van der Waals surface area contributed by atoms with E-state index in [1.54, 1.807) is 0 Å². The maximum absolute atomic E-state index is 9.18. The Hall–Kier alpha value is 0.270. The molecule has 1 saturated heterocycles. The van der Waals surface area contributed by atoms with Crippen LogP contribution in [0.1, 0.15) is 26.2 Å². The van der Waals surface area contributed by atoms with E-state index >= 15 is 0 Å². The summed E-state index contributed by atoms with van der Waals surface area (Å²) in [6.45, 7) is 4.75. The third-order valence-corrected chi connectivity index (χ3v) is 4.13. The predicted molar refractivity (Wildman–Crippen MR) is 59.2 cm³/mol. The molecule has 3 heteroatoms. The molecule has 0 amide bonds. The van der Waals surface area contributed by atoms with Gasteiger partial charge in [-0.05, 0) is 31.1 Å². The van der Waals surface area contributed by atoms with Crippen LogP contribution in [-0.2, 0) is 0 Å². The fourth-order valence-electron chi connectivity index (χ4n) is 1.67. The van der Waals surface area contributed by atoms with E-state index in [2.05, 4.69) is 12.2 Å². The van der Waals surface area contributed by atoms with Gasteiger partial charge in [0.25, 0.3) is 0 Å². The zero-order valence-electron chi connectivity index (χ0n) is 8.46. The van der Waals surface area contributed by atoms with Crippen molar-refractivity contribution in [2.45, 2.75) is 31.4 Å². The number of hydrogen-bond donors (Lipinski definition) is 2. The highest BCUT2D eigenvalue weighted by Crippen LogP contribution is 2.25. The Morgan fingerprint density at radius 1 is 1.54 bits per heavy atom. The van der Waals surface area contributed by atoms with Gasteiger partial charge in [-0.1, -0.05) is 13.3 Å². The Morgan fingerprint density at radius 2 is 2.38 bits per heavy atom. The molecule has 1 aliphatic rings. The molecule has 1 aliphatic heterocycles. The van der Waals surface area contributed by atoms with E-state index in [1.807, 2.05) is 11.8 Å². The van der Waals surface area contributed by atoms with Gasteiger partial charge < -0.3 is 10.4 Å². The Balaban J connectivity index is 2.19. The van der Waals surface area contributed by atoms with Crippen LogP contribution in [0, 0.1) is 5.92 Å². The molecule has 1 heterocycles. The molecule has 0 bridgehead atoms. The van der Waals surface area contributed by atoms with Crippen molar-refractivity contribution < 1.29 is 5.11 Å². The van der Waals surface area contributed by atoms with Gasteiger partial charge in [0, 0.05) is 18.4 Å². The van der Waals surface area contributed by atoms with E-state index in [0.29, 0.717) is 17.8 Å². The minimum atomic E-state index is 0.367. The Labute approximate surface area is 85.5 Å². The van der Waals surface area contributed by atoms with Gasteiger partial charge in [-0.25, -0.2) is 0 Å². The third-order valence-electron chi connectivity index (χ3n) is 2.63. The van der Waals surface area contributed by atoms with E-state index in [-0.39, 0.29) is 0 Å². The second kappa shape index (κ2) is 6.68. The molecule has 0 saturated carbocycles. The molecule has 78 valence electrons. The average Bonchev–Trinajstić information content (AvgIpc) is 2.19. The smallest absolute Gasteiger partial charge is 0.0470 e. The lowest BCUT2D eigenvalue weighted by atomic mass is 9.99. The number of nitrogens with one attached hydrogen (secondary N) is 1. The highest BCUT2D eigenvalue weighted by Gasteiger charge is 2.23. The van der Waals surface area contributed by atoms with Gasteiger partial charge in [-0.3, -0.25) is 0 Å². The van der Waals surface area contributed by atoms with Crippen molar-refractivity contribution >= 4 is 11.8 Å². The fraction of sp³-hybridized carbons (Fsp3) is 1.00. The third kappa shape index (κ3) is 3.88. The van der Waals surface area contributed by atoms with Gasteiger partial charge in [0.15, 0.2) is 0 Å². The lowest BCUT2D eigenvalue weighted by Crippen LogP contribution is -2.40. The summed E-state index contributed by atoms with van der Waals surface area (Å²) in [6, 6.07) is 0. The van der Waals surface area contributed by atoms with Crippen LogP contribution in [0.2, 0.25) is 0 Å². The monoisotopic (exact) mass is 203 g/mol. The summed E-state index contributed by atoms with van der Waals surface area (Å²) < 4.78 is 0. The van der Waals surface area contributed by atoms with Crippen LogP contribution in [0.3, 0.4) is 0 Å². The second-order valence-electron chi connectivity index (χ2n) is 3.70. The van der Waals surface area contributed by atoms with Gasteiger partial charge in [0.1, 0.15) is 0 Å². The Bertz CT molecular complexity index is 132. The molecular formula is C10H21NOS. The summed E-state index contributed by atoms with van der Waals surface area (Å²) in [7, 11) is 0.